The Bertz CT molecular complexity index is 748. The van der Waals surface area contributed by atoms with E-state index < -0.39 is 12.2 Å². The maximum absolute atomic E-state index is 11.9. The second-order valence-electron chi connectivity index (χ2n) is 10.0. The summed E-state index contributed by atoms with van der Waals surface area (Å²) in [5, 5.41) is 11.3. The van der Waals surface area contributed by atoms with E-state index in [1.807, 2.05) is 0 Å². The van der Waals surface area contributed by atoms with Crippen LogP contribution < -0.4 is 0 Å². The number of aliphatic hydroxyl groups is 1. The summed E-state index contributed by atoms with van der Waals surface area (Å²) in [6.07, 6.45) is 5.50. The number of aliphatic hydroxyl groups excluding tert-OH is 1. The van der Waals surface area contributed by atoms with Crippen LogP contribution in [0.1, 0.15) is 73.6 Å². The molecule has 5 heteroatoms. The number of fused-ring (bicyclic) bond motifs is 3. The second-order valence-corrected chi connectivity index (χ2v) is 10.0. The van der Waals surface area contributed by atoms with Crippen molar-refractivity contribution in [2.75, 3.05) is 6.61 Å². The number of allylic oxidation sites excluding steroid dienone is 2. The number of carbonyl (C=O) groups excluding carboxylic acids is 2. The minimum absolute atomic E-state index is 0.0422. The molecule has 5 nitrogen and oxygen atoms in total. The quantitative estimate of drug-likeness (QED) is 0.557. The van der Waals surface area contributed by atoms with Crippen molar-refractivity contribution in [3.8, 4) is 0 Å². The maximum Gasteiger partial charge on any atom is 0.303 e. The third-order valence-corrected chi connectivity index (χ3v) is 7.66. The lowest BCUT2D eigenvalue weighted by Crippen LogP contribution is -2.46. The highest BCUT2D eigenvalue weighted by Gasteiger charge is 2.55. The zero-order chi connectivity index (χ0) is 21.6. The van der Waals surface area contributed by atoms with E-state index in [1.54, 1.807) is 6.08 Å². The summed E-state index contributed by atoms with van der Waals surface area (Å²) in [7, 11) is 0. The van der Waals surface area contributed by atoms with Crippen molar-refractivity contribution < 1.29 is 24.2 Å². The van der Waals surface area contributed by atoms with Crippen molar-refractivity contribution in [1.29, 1.82) is 0 Å². The summed E-state index contributed by atoms with van der Waals surface area (Å²) in [5.41, 5.74) is 3.52. The van der Waals surface area contributed by atoms with E-state index >= 15 is 0 Å². The van der Waals surface area contributed by atoms with E-state index in [0.717, 1.165) is 25.7 Å². The van der Waals surface area contributed by atoms with Gasteiger partial charge >= 0.3 is 11.9 Å². The van der Waals surface area contributed by atoms with Gasteiger partial charge in [0.15, 0.2) is 0 Å². The number of hydrogen-bond donors (Lipinski definition) is 1. The third-order valence-electron chi connectivity index (χ3n) is 7.66. The standard InChI is InChI=1S/C24H36O5/c1-14(2)18-7-8-23(5)9-10-24(6)19(22(18)23)12-20(29-16(4)26)17(11-21(24)27)13-28-15(3)25/h11,14,19-21,27H,7-10,12-13H2,1-6H3. The van der Waals surface area contributed by atoms with Gasteiger partial charge in [0.1, 0.15) is 12.7 Å². The molecule has 3 aliphatic rings. The van der Waals surface area contributed by atoms with E-state index in [4.69, 9.17) is 9.47 Å². The molecule has 0 saturated heterocycles. The minimum Gasteiger partial charge on any atom is -0.461 e. The predicted molar refractivity (Wildman–Crippen MR) is 111 cm³/mol. The van der Waals surface area contributed by atoms with Crippen molar-refractivity contribution in [2.45, 2.75) is 85.9 Å². The fourth-order valence-corrected chi connectivity index (χ4v) is 5.88. The van der Waals surface area contributed by atoms with Crippen LogP contribution in [0.4, 0.5) is 0 Å². The van der Waals surface area contributed by atoms with Crippen LogP contribution in [0.3, 0.4) is 0 Å². The zero-order valence-electron chi connectivity index (χ0n) is 18.7. The fourth-order valence-electron chi connectivity index (χ4n) is 5.88. The van der Waals surface area contributed by atoms with E-state index in [2.05, 4.69) is 27.7 Å². The first-order valence-electron chi connectivity index (χ1n) is 10.9. The normalized spacial score (nSPS) is 36.8. The molecule has 1 fully saturated rings. The molecule has 1 N–H and O–H groups in total. The molecule has 5 atom stereocenters. The summed E-state index contributed by atoms with van der Waals surface area (Å²) in [4.78, 5) is 23.2. The summed E-state index contributed by atoms with van der Waals surface area (Å²) in [5.74, 6) is -0.144. The first-order valence-corrected chi connectivity index (χ1v) is 10.9. The Balaban J connectivity index is 2.07. The largest absolute Gasteiger partial charge is 0.461 e. The molecular weight excluding hydrogens is 368 g/mol. The van der Waals surface area contributed by atoms with Gasteiger partial charge in [-0.1, -0.05) is 38.8 Å². The first kappa shape index (κ1) is 22.1. The molecule has 0 aromatic rings. The molecule has 29 heavy (non-hydrogen) atoms. The van der Waals surface area contributed by atoms with Crippen LogP contribution in [-0.4, -0.2) is 35.9 Å². The van der Waals surface area contributed by atoms with Crippen LogP contribution in [0, 0.1) is 22.7 Å². The van der Waals surface area contributed by atoms with Gasteiger partial charge in [0.25, 0.3) is 0 Å². The molecule has 0 aromatic carbocycles. The number of hydrogen-bond acceptors (Lipinski definition) is 5. The van der Waals surface area contributed by atoms with E-state index in [1.165, 1.54) is 25.0 Å². The lowest BCUT2D eigenvalue weighted by molar-refractivity contribution is -0.146. The summed E-state index contributed by atoms with van der Waals surface area (Å²) in [6, 6.07) is 0. The van der Waals surface area contributed by atoms with Gasteiger partial charge in [-0.05, 0) is 55.4 Å². The number of esters is 2. The average molecular weight is 405 g/mol. The first-order chi connectivity index (χ1) is 13.5. The lowest BCUT2D eigenvalue weighted by Gasteiger charge is -2.51. The highest BCUT2D eigenvalue weighted by atomic mass is 16.6. The number of ether oxygens (including phenoxy) is 2. The van der Waals surface area contributed by atoms with Gasteiger partial charge in [0.2, 0.25) is 0 Å². The van der Waals surface area contributed by atoms with E-state index in [0.29, 0.717) is 17.9 Å². The van der Waals surface area contributed by atoms with Crippen LogP contribution in [0.15, 0.2) is 22.8 Å². The Hall–Kier alpha value is -1.62. The van der Waals surface area contributed by atoms with Crippen molar-refractivity contribution in [3.63, 3.8) is 0 Å². The van der Waals surface area contributed by atoms with Crippen LogP contribution >= 0.6 is 0 Å². The molecule has 0 aromatic heterocycles. The molecule has 3 aliphatic carbocycles. The highest BCUT2D eigenvalue weighted by molar-refractivity contribution is 5.67. The molecule has 5 unspecified atom stereocenters. The molecule has 3 rings (SSSR count). The molecular formula is C24H36O5. The van der Waals surface area contributed by atoms with Crippen LogP contribution in [0.2, 0.25) is 0 Å². The molecule has 0 amide bonds. The maximum atomic E-state index is 11.9. The van der Waals surface area contributed by atoms with Gasteiger partial charge in [0.05, 0.1) is 6.10 Å². The molecule has 1 saturated carbocycles. The SMILES string of the molecule is CC(=O)OCC1=CC(O)C2(C)CCC3(C)CCC(C(C)C)=C3C2CC1OC(C)=O. The Morgan fingerprint density at radius 1 is 1.17 bits per heavy atom. The smallest absolute Gasteiger partial charge is 0.303 e. The second kappa shape index (κ2) is 7.90. The molecule has 0 aliphatic heterocycles. The van der Waals surface area contributed by atoms with Gasteiger partial charge < -0.3 is 14.6 Å². The Labute approximate surface area is 174 Å². The van der Waals surface area contributed by atoms with Crippen molar-refractivity contribution in [3.05, 3.63) is 22.8 Å². The van der Waals surface area contributed by atoms with Gasteiger partial charge in [-0.15, -0.1) is 0 Å². The molecule has 0 spiro atoms. The van der Waals surface area contributed by atoms with Crippen LogP contribution in [-0.2, 0) is 19.1 Å². The van der Waals surface area contributed by atoms with Crippen molar-refractivity contribution >= 4 is 11.9 Å². The monoisotopic (exact) mass is 404 g/mol. The average Bonchev–Trinajstić information content (AvgIpc) is 2.93. The summed E-state index contributed by atoms with van der Waals surface area (Å²) < 4.78 is 10.9. The topological polar surface area (TPSA) is 72.8 Å². The Morgan fingerprint density at radius 2 is 1.86 bits per heavy atom. The van der Waals surface area contributed by atoms with Crippen LogP contribution in [0.5, 0.6) is 0 Å². The van der Waals surface area contributed by atoms with Gasteiger partial charge in [-0.2, -0.15) is 0 Å². The Kier molecular flexibility index (Phi) is 6.01. The van der Waals surface area contributed by atoms with Crippen molar-refractivity contribution in [1.82, 2.24) is 0 Å². The summed E-state index contributed by atoms with van der Waals surface area (Å²) in [6.45, 7) is 11.8. The fraction of sp³-hybridized carbons (Fsp3) is 0.750. The third kappa shape index (κ3) is 4.03. The van der Waals surface area contributed by atoms with E-state index in [9.17, 15) is 14.7 Å². The minimum atomic E-state index is -0.676. The lowest BCUT2D eigenvalue weighted by atomic mass is 9.54. The zero-order valence-corrected chi connectivity index (χ0v) is 18.7. The number of carbonyl (C=O) groups is 2. The Morgan fingerprint density at radius 3 is 2.45 bits per heavy atom. The van der Waals surface area contributed by atoms with Gasteiger partial charge in [-0.25, -0.2) is 0 Å². The number of rotatable bonds is 4. The van der Waals surface area contributed by atoms with Gasteiger partial charge in [-0.3, -0.25) is 9.59 Å². The van der Waals surface area contributed by atoms with Crippen LogP contribution in [0.25, 0.3) is 0 Å². The van der Waals surface area contributed by atoms with E-state index in [-0.39, 0.29) is 35.3 Å². The predicted octanol–water partition coefficient (Wildman–Crippen LogP) is 4.34. The highest BCUT2D eigenvalue weighted by Crippen LogP contribution is 2.63. The summed E-state index contributed by atoms with van der Waals surface area (Å²) >= 11 is 0. The molecule has 162 valence electrons. The van der Waals surface area contributed by atoms with Gasteiger partial charge in [0, 0.05) is 24.8 Å². The molecule has 0 heterocycles. The molecule has 0 radical (unpaired) electrons. The van der Waals surface area contributed by atoms with Crippen molar-refractivity contribution in [2.24, 2.45) is 22.7 Å². The molecule has 0 bridgehead atoms.